The molecule has 0 spiro atoms. The van der Waals surface area contributed by atoms with Gasteiger partial charge in [0.2, 0.25) is 20.0 Å². The first-order chi connectivity index (χ1) is 17.2. The number of anilines is 1. The summed E-state index contributed by atoms with van der Waals surface area (Å²) >= 11 is 0. The summed E-state index contributed by atoms with van der Waals surface area (Å²) in [6.07, 6.45) is 5.47. The van der Waals surface area contributed by atoms with E-state index in [1.807, 2.05) is 0 Å². The number of carbonyl (C=O) groups is 1. The summed E-state index contributed by atoms with van der Waals surface area (Å²) in [7, 11) is -5.63. The Labute approximate surface area is 213 Å². The van der Waals surface area contributed by atoms with Crippen molar-refractivity contribution < 1.29 is 26.4 Å². The summed E-state index contributed by atoms with van der Waals surface area (Å²) < 4.78 is 59.9. The lowest BCUT2D eigenvalue weighted by atomic mass is 10.1. The minimum atomic E-state index is -3.68. The zero-order valence-corrected chi connectivity index (χ0v) is 22.1. The van der Waals surface area contributed by atoms with Crippen LogP contribution in [0.3, 0.4) is 0 Å². The maximum atomic E-state index is 13.1. The smallest absolute Gasteiger partial charge is 0.255 e. The molecule has 196 valence electrons. The fraction of sp³-hybridized carbons (Fsp3) is 0.480. The molecule has 0 unspecified atom stereocenters. The lowest BCUT2D eigenvalue weighted by Gasteiger charge is -2.26. The number of sulfonamides is 2. The summed E-state index contributed by atoms with van der Waals surface area (Å²) in [5.74, 6) is -0.226. The maximum absolute atomic E-state index is 13.1. The average Bonchev–Trinajstić information content (AvgIpc) is 2.90. The molecule has 2 fully saturated rings. The van der Waals surface area contributed by atoms with Crippen molar-refractivity contribution in [1.29, 1.82) is 0 Å². The average molecular weight is 536 g/mol. The summed E-state index contributed by atoms with van der Waals surface area (Å²) in [5, 5.41) is 2.74. The van der Waals surface area contributed by atoms with Crippen molar-refractivity contribution in [3.63, 3.8) is 0 Å². The predicted octanol–water partition coefficient (Wildman–Crippen LogP) is 3.44. The van der Waals surface area contributed by atoms with Crippen LogP contribution >= 0.6 is 0 Å². The van der Waals surface area contributed by atoms with Crippen molar-refractivity contribution in [3.8, 4) is 5.75 Å². The number of benzene rings is 2. The van der Waals surface area contributed by atoms with Gasteiger partial charge >= 0.3 is 0 Å². The van der Waals surface area contributed by atoms with E-state index in [2.05, 4.69) is 5.32 Å². The Morgan fingerprint density at radius 1 is 0.833 bits per heavy atom. The number of nitrogens with zero attached hydrogens (tertiary/aromatic N) is 2. The van der Waals surface area contributed by atoms with Crippen LogP contribution in [0.5, 0.6) is 5.75 Å². The first-order valence-electron chi connectivity index (χ1n) is 12.3. The van der Waals surface area contributed by atoms with Crippen LogP contribution in [0.2, 0.25) is 0 Å². The molecular formula is C25H33N3O6S2. The lowest BCUT2D eigenvalue weighted by molar-refractivity contribution is 0.102. The molecule has 9 nitrogen and oxygen atoms in total. The van der Waals surface area contributed by atoms with Crippen LogP contribution in [0.15, 0.2) is 47.4 Å². The maximum Gasteiger partial charge on any atom is 0.255 e. The standard InChI is InChI=1S/C25H33N3O6S2/c1-34-24-13-12-22(36(32,33)28-16-6-3-7-17-28)18-23(24)26-25(29)21-10-8-20(9-11-21)19-35(30,31)27-14-4-2-5-15-27/h8-13,18H,2-7,14-17,19H2,1H3,(H,26,29). The van der Waals surface area contributed by atoms with Gasteiger partial charge in [0.15, 0.2) is 0 Å². The predicted molar refractivity (Wildman–Crippen MR) is 138 cm³/mol. The van der Waals surface area contributed by atoms with Crippen LogP contribution < -0.4 is 10.1 Å². The Bertz CT molecular complexity index is 1280. The molecule has 0 atom stereocenters. The highest BCUT2D eigenvalue weighted by Gasteiger charge is 2.27. The zero-order valence-electron chi connectivity index (χ0n) is 20.5. The molecule has 4 rings (SSSR count). The number of piperidine rings is 2. The van der Waals surface area contributed by atoms with Gasteiger partial charge in [0.05, 0.1) is 23.4 Å². The van der Waals surface area contributed by atoms with Crippen molar-refractivity contribution in [1.82, 2.24) is 8.61 Å². The molecule has 1 amide bonds. The quantitative estimate of drug-likeness (QED) is 0.554. The Morgan fingerprint density at radius 3 is 2.00 bits per heavy atom. The van der Waals surface area contributed by atoms with E-state index in [-0.39, 0.29) is 16.3 Å². The molecule has 36 heavy (non-hydrogen) atoms. The van der Waals surface area contributed by atoms with Crippen LogP contribution in [0.25, 0.3) is 0 Å². The van der Waals surface area contributed by atoms with Crippen LogP contribution in [0.4, 0.5) is 5.69 Å². The second-order valence-electron chi connectivity index (χ2n) is 9.19. The van der Waals surface area contributed by atoms with Gasteiger partial charge < -0.3 is 10.1 Å². The van der Waals surface area contributed by atoms with Gasteiger partial charge in [0.25, 0.3) is 5.91 Å². The highest BCUT2D eigenvalue weighted by Crippen LogP contribution is 2.30. The van der Waals surface area contributed by atoms with E-state index in [9.17, 15) is 21.6 Å². The van der Waals surface area contributed by atoms with E-state index in [4.69, 9.17) is 4.74 Å². The SMILES string of the molecule is COc1ccc(S(=O)(=O)N2CCCCC2)cc1NC(=O)c1ccc(CS(=O)(=O)N2CCCCC2)cc1. The van der Waals surface area contributed by atoms with Crippen molar-refractivity contribution in [3.05, 3.63) is 53.6 Å². The van der Waals surface area contributed by atoms with E-state index < -0.39 is 26.0 Å². The summed E-state index contributed by atoms with van der Waals surface area (Å²) in [6, 6.07) is 10.8. The third-order valence-electron chi connectivity index (χ3n) is 6.65. The fourth-order valence-electron chi connectivity index (χ4n) is 4.59. The molecule has 0 radical (unpaired) electrons. The van der Waals surface area contributed by atoms with Crippen LogP contribution in [-0.4, -0.2) is 64.6 Å². The minimum Gasteiger partial charge on any atom is -0.495 e. The molecule has 2 heterocycles. The lowest BCUT2D eigenvalue weighted by Crippen LogP contribution is -2.36. The van der Waals surface area contributed by atoms with Gasteiger partial charge in [-0.05, 0) is 61.6 Å². The minimum absolute atomic E-state index is 0.0961. The Kier molecular flexibility index (Phi) is 8.34. The molecule has 2 aromatic carbocycles. The molecule has 1 N–H and O–H groups in total. The highest BCUT2D eigenvalue weighted by molar-refractivity contribution is 7.89. The van der Waals surface area contributed by atoms with E-state index >= 15 is 0 Å². The number of ether oxygens (including phenoxy) is 1. The largest absolute Gasteiger partial charge is 0.495 e. The molecule has 0 aliphatic carbocycles. The number of carbonyl (C=O) groups excluding carboxylic acids is 1. The molecule has 2 saturated heterocycles. The molecule has 2 aliphatic rings. The van der Waals surface area contributed by atoms with Gasteiger partial charge in [-0.2, -0.15) is 4.31 Å². The third-order valence-corrected chi connectivity index (χ3v) is 10.4. The monoisotopic (exact) mass is 535 g/mol. The number of nitrogens with one attached hydrogen (secondary N) is 1. The molecule has 0 bridgehead atoms. The number of amides is 1. The van der Waals surface area contributed by atoms with Gasteiger partial charge in [-0.1, -0.05) is 25.0 Å². The second kappa shape index (κ2) is 11.3. The number of methoxy groups -OCH3 is 1. The number of hydrogen-bond donors (Lipinski definition) is 1. The summed E-state index contributed by atoms with van der Waals surface area (Å²) in [5.41, 5.74) is 1.17. The molecule has 2 aliphatic heterocycles. The van der Waals surface area contributed by atoms with Gasteiger partial charge in [-0.15, -0.1) is 0 Å². The van der Waals surface area contributed by atoms with Crippen LogP contribution in [-0.2, 0) is 25.8 Å². The van der Waals surface area contributed by atoms with Crippen LogP contribution in [0.1, 0.15) is 54.4 Å². The van der Waals surface area contributed by atoms with E-state index in [1.54, 1.807) is 24.3 Å². The number of hydrogen-bond acceptors (Lipinski definition) is 6. The Balaban J connectivity index is 1.48. The van der Waals surface area contributed by atoms with Gasteiger partial charge in [0.1, 0.15) is 5.75 Å². The molecule has 0 aromatic heterocycles. The van der Waals surface area contributed by atoms with Crippen molar-refractivity contribution in [2.45, 2.75) is 49.2 Å². The van der Waals surface area contributed by atoms with Gasteiger partial charge in [-0.25, -0.2) is 21.1 Å². The van der Waals surface area contributed by atoms with Crippen molar-refractivity contribution in [2.75, 3.05) is 38.6 Å². The van der Waals surface area contributed by atoms with Crippen molar-refractivity contribution >= 4 is 31.6 Å². The van der Waals surface area contributed by atoms with Crippen LogP contribution in [0, 0.1) is 0 Å². The summed E-state index contributed by atoms with van der Waals surface area (Å²) in [4.78, 5) is 13.0. The molecule has 2 aromatic rings. The summed E-state index contributed by atoms with van der Waals surface area (Å²) in [6.45, 7) is 2.07. The normalized spacial score (nSPS) is 18.0. The highest BCUT2D eigenvalue weighted by atomic mass is 32.2. The zero-order chi connectivity index (χ0) is 25.8. The van der Waals surface area contributed by atoms with E-state index in [1.165, 1.54) is 33.9 Å². The topological polar surface area (TPSA) is 113 Å². The fourth-order valence-corrected chi connectivity index (χ4v) is 7.75. The molecule has 11 heteroatoms. The second-order valence-corrected chi connectivity index (χ2v) is 13.1. The van der Waals surface area contributed by atoms with E-state index in [0.717, 1.165) is 38.5 Å². The number of rotatable bonds is 8. The van der Waals surface area contributed by atoms with E-state index in [0.29, 0.717) is 43.1 Å². The Morgan fingerprint density at radius 2 is 1.42 bits per heavy atom. The van der Waals surface area contributed by atoms with Gasteiger partial charge in [-0.3, -0.25) is 4.79 Å². The first-order valence-corrected chi connectivity index (χ1v) is 15.3. The third kappa shape index (κ3) is 6.08. The Hall–Kier alpha value is -2.47. The molecular weight excluding hydrogens is 502 g/mol. The first kappa shape index (κ1) is 26.6. The van der Waals surface area contributed by atoms with Gasteiger partial charge in [0, 0.05) is 31.7 Å². The van der Waals surface area contributed by atoms with Crippen molar-refractivity contribution in [2.24, 2.45) is 0 Å². The molecule has 0 saturated carbocycles.